The van der Waals surface area contributed by atoms with Crippen molar-refractivity contribution >= 4 is 17.4 Å². The van der Waals surface area contributed by atoms with E-state index in [9.17, 15) is 4.79 Å². The Bertz CT molecular complexity index is 974. The van der Waals surface area contributed by atoms with Crippen molar-refractivity contribution in [1.82, 2.24) is 9.78 Å². The lowest BCUT2D eigenvalue weighted by atomic mass is 9.92. The van der Waals surface area contributed by atoms with Crippen LogP contribution in [0, 0.1) is 0 Å². The van der Waals surface area contributed by atoms with Gasteiger partial charge >= 0.3 is 0 Å². The molecule has 0 saturated carbocycles. The zero-order chi connectivity index (χ0) is 21.0. The first-order chi connectivity index (χ1) is 13.8. The zero-order valence-electron chi connectivity index (χ0n) is 17.6. The summed E-state index contributed by atoms with van der Waals surface area (Å²) in [4.78, 5) is 12.9. The topological polar surface area (TPSA) is 68.2 Å². The molecule has 6 heteroatoms. The van der Waals surface area contributed by atoms with Gasteiger partial charge in [-0.05, 0) is 31.2 Å². The van der Waals surface area contributed by atoms with Crippen LogP contribution in [0.5, 0.6) is 5.75 Å². The standard InChI is InChI=1S/C23H28N4O2/c1-16(24-18-13-9-10-14-19(18)29-5)22(28)25-21-15-20(23(2,3)4)26-27(21)17-11-7-6-8-12-17/h6-16,24H,1-5H3,(H,25,28)/t16-/m0/s1. The predicted octanol–water partition coefficient (Wildman–Crippen LogP) is 4.62. The van der Waals surface area contributed by atoms with E-state index in [0.29, 0.717) is 11.6 Å². The Morgan fingerprint density at radius 1 is 1.07 bits per heavy atom. The minimum atomic E-state index is -0.469. The van der Waals surface area contributed by atoms with Crippen molar-refractivity contribution in [3.63, 3.8) is 0 Å². The number of hydrogen-bond acceptors (Lipinski definition) is 4. The molecule has 0 saturated heterocycles. The average molecular weight is 393 g/mol. The molecule has 1 atom stereocenters. The second-order valence-electron chi connectivity index (χ2n) is 7.97. The number of benzene rings is 2. The molecule has 0 unspecified atom stereocenters. The van der Waals surface area contributed by atoms with E-state index < -0.39 is 6.04 Å². The molecule has 0 radical (unpaired) electrons. The van der Waals surface area contributed by atoms with E-state index in [-0.39, 0.29) is 11.3 Å². The fourth-order valence-corrected chi connectivity index (χ4v) is 2.90. The van der Waals surface area contributed by atoms with E-state index in [2.05, 4.69) is 31.4 Å². The molecule has 0 aliphatic carbocycles. The molecule has 3 aromatic rings. The number of carbonyl (C=O) groups is 1. The van der Waals surface area contributed by atoms with E-state index in [0.717, 1.165) is 17.1 Å². The summed E-state index contributed by atoms with van der Waals surface area (Å²) in [6.07, 6.45) is 0. The Hall–Kier alpha value is -3.28. The van der Waals surface area contributed by atoms with Gasteiger partial charge in [0.15, 0.2) is 0 Å². The van der Waals surface area contributed by atoms with Crippen LogP contribution >= 0.6 is 0 Å². The van der Waals surface area contributed by atoms with Gasteiger partial charge in [0.05, 0.1) is 24.2 Å². The van der Waals surface area contributed by atoms with E-state index >= 15 is 0 Å². The SMILES string of the molecule is COc1ccccc1N[C@@H](C)C(=O)Nc1cc(C(C)(C)C)nn1-c1ccccc1. The van der Waals surface area contributed by atoms with Crippen LogP contribution in [0.2, 0.25) is 0 Å². The van der Waals surface area contributed by atoms with Crippen LogP contribution in [0.3, 0.4) is 0 Å². The summed E-state index contributed by atoms with van der Waals surface area (Å²) in [5.74, 6) is 1.17. The highest BCUT2D eigenvalue weighted by molar-refractivity contribution is 5.96. The first kappa shape index (κ1) is 20.5. The first-order valence-electron chi connectivity index (χ1n) is 9.66. The number of aromatic nitrogens is 2. The van der Waals surface area contributed by atoms with Crippen LogP contribution in [0.4, 0.5) is 11.5 Å². The van der Waals surface area contributed by atoms with Gasteiger partial charge in [-0.2, -0.15) is 5.10 Å². The first-order valence-corrected chi connectivity index (χ1v) is 9.66. The summed E-state index contributed by atoms with van der Waals surface area (Å²) in [7, 11) is 1.61. The van der Waals surface area contributed by atoms with Gasteiger partial charge in [-0.15, -0.1) is 0 Å². The molecule has 152 valence electrons. The minimum absolute atomic E-state index is 0.138. The molecule has 2 N–H and O–H groups in total. The molecule has 0 bridgehead atoms. The third kappa shape index (κ3) is 4.77. The largest absolute Gasteiger partial charge is 0.495 e. The maximum absolute atomic E-state index is 12.9. The Balaban J connectivity index is 1.85. The van der Waals surface area contributed by atoms with Crippen LogP contribution in [0.25, 0.3) is 5.69 Å². The molecule has 0 spiro atoms. The van der Waals surface area contributed by atoms with Gasteiger partial charge in [-0.1, -0.05) is 51.1 Å². The van der Waals surface area contributed by atoms with Crippen LogP contribution in [-0.4, -0.2) is 28.8 Å². The normalized spacial score (nSPS) is 12.3. The number of methoxy groups -OCH3 is 1. The Morgan fingerprint density at radius 2 is 1.72 bits per heavy atom. The van der Waals surface area contributed by atoms with Crippen molar-refractivity contribution in [3.05, 3.63) is 66.4 Å². The lowest BCUT2D eigenvalue weighted by Gasteiger charge is -2.17. The molecule has 29 heavy (non-hydrogen) atoms. The van der Waals surface area contributed by atoms with Gasteiger partial charge in [-0.25, -0.2) is 4.68 Å². The van der Waals surface area contributed by atoms with Crippen LogP contribution in [-0.2, 0) is 10.2 Å². The van der Waals surface area contributed by atoms with Gasteiger partial charge in [0.2, 0.25) is 5.91 Å². The fourth-order valence-electron chi connectivity index (χ4n) is 2.90. The second-order valence-corrected chi connectivity index (χ2v) is 7.97. The highest BCUT2D eigenvalue weighted by Crippen LogP contribution is 2.27. The number of nitrogens with zero attached hydrogens (tertiary/aromatic N) is 2. The quantitative estimate of drug-likeness (QED) is 0.642. The number of rotatable bonds is 6. The maximum atomic E-state index is 12.9. The van der Waals surface area contributed by atoms with E-state index in [1.54, 1.807) is 11.8 Å². The summed E-state index contributed by atoms with van der Waals surface area (Å²) in [6.45, 7) is 8.11. The number of anilines is 2. The molecule has 3 rings (SSSR count). The summed E-state index contributed by atoms with van der Waals surface area (Å²) >= 11 is 0. The molecule has 1 amide bonds. The van der Waals surface area contributed by atoms with Gasteiger partial charge < -0.3 is 15.4 Å². The van der Waals surface area contributed by atoms with Crippen LogP contribution in [0.1, 0.15) is 33.4 Å². The minimum Gasteiger partial charge on any atom is -0.495 e. The van der Waals surface area contributed by atoms with E-state index in [1.165, 1.54) is 0 Å². The van der Waals surface area contributed by atoms with Crippen LogP contribution < -0.4 is 15.4 Å². The van der Waals surface area contributed by atoms with Gasteiger partial charge in [0, 0.05) is 11.5 Å². The maximum Gasteiger partial charge on any atom is 0.247 e. The summed E-state index contributed by atoms with van der Waals surface area (Å²) in [6, 6.07) is 18.8. The van der Waals surface area contributed by atoms with Crippen molar-refractivity contribution in [2.45, 2.75) is 39.2 Å². The molecule has 0 aliphatic heterocycles. The summed E-state index contributed by atoms with van der Waals surface area (Å²) in [5.41, 5.74) is 2.43. The highest BCUT2D eigenvalue weighted by atomic mass is 16.5. The van der Waals surface area contributed by atoms with Gasteiger partial charge in [0.1, 0.15) is 17.6 Å². The number of nitrogens with one attached hydrogen (secondary N) is 2. The number of carbonyl (C=O) groups excluding carboxylic acids is 1. The summed E-state index contributed by atoms with van der Waals surface area (Å²) < 4.78 is 7.13. The molecule has 0 fully saturated rings. The van der Waals surface area contributed by atoms with E-state index in [1.807, 2.05) is 67.6 Å². The van der Waals surface area contributed by atoms with Gasteiger partial charge in [0.25, 0.3) is 0 Å². The number of ether oxygens (including phenoxy) is 1. The number of hydrogen-bond donors (Lipinski definition) is 2. The molecular weight excluding hydrogens is 364 g/mol. The second kappa shape index (κ2) is 8.39. The molecule has 6 nitrogen and oxygen atoms in total. The predicted molar refractivity (Wildman–Crippen MR) is 117 cm³/mol. The molecule has 2 aromatic carbocycles. The smallest absolute Gasteiger partial charge is 0.247 e. The fraction of sp³-hybridized carbons (Fsp3) is 0.304. The van der Waals surface area contributed by atoms with Crippen molar-refractivity contribution in [2.75, 3.05) is 17.7 Å². The number of amides is 1. The van der Waals surface area contributed by atoms with Crippen molar-refractivity contribution in [2.24, 2.45) is 0 Å². The Labute approximate surface area is 171 Å². The summed E-state index contributed by atoms with van der Waals surface area (Å²) in [5, 5.41) is 11.0. The third-order valence-electron chi connectivity index (χ3n) is 4.60. The van der Waals surface area contributed by atoms with Crippen molar-refractivity contribution < 1.29 is 9.53 Å². The van der Waals surface area contributed by atoms with Gasteiger partial charge in [-0.3, -0.25) is 4.79 Å². The molecule has 1 heterocycles. The Kier molecular flexibility index (Phi) is 5.92. The lowest BCUT2D eigenvalue weighted by molar-refractivity contribution is -0.116. The van der Waals surface area contributed by atoms with Crippen molar-refractivity contribution in [1.29, 1.82) is 0 Å². The van der Waals surface area contributed by atoms with Crippen LogP contribution in [0.15, 0.2) is 60.7 Å². The monoisotopic (exact) mass is 392 g/mol. The molecule has 1 aromatic heterocycles. The average Bonchev–Trinajstić information content (AvgIpc) is 3.13. The Morgan fingerprint density at radius 3 is 2.38 bits per heavy atom. The lowest BCUT2D eigenvalue weighted by Crippen LogP contribution is -2.32. The molecular formula is C23H28N4O2. The van der Waals surface area contributed by atoms with E-state index in [4.69, 9.17) is 9.84 Å². The van der Waals surface area contributed by atoms with Crippen molar-refractivity contribution in [3.8, 4) is 11.4 Å². The number of para-hydroxylation sites is 3. The zero-order valence-corrected chi connectivity index (χ0v) is 17.6. The molecule has 0 aliphatic rings. The third-order valence-corrected chi connectivity index (χ3v) is 4.60. The highest BCUT2D eigenvalue weighted by Gasteiger charge is 2.23.